The molecule has 7 nitrogen and oxygen atoms in total. The summed E-state index contributed by atoms with van der Waals surface area (Å²) in [7, 11) is 0. The van der Waals surface area contributed by atoms with Gasteiger partial charge in [-0.1, -0.05) is 41.4 Å². The Hall–Kier alpha value is -3.58. The Kier molecular flexibility index (Phi) is 7.03. The first-order valence-corrected chi connectivity index (χ1v) is 11.5. The normalized spacial score (nSPS) is 17.4. The molecule has 0 aliphatic carbocycles. The van der Waals surface area contributed by atoms with Crippen molar-refractivity contribution in [1.82, 2.24) is 14.5 Å². The maximum atomic E-state index is 13.1. The third-order valence-corrected chi connectivity index (χ3v) is 6.11. The van der Waals surface area contributed by atoms with Gasteiger partial charge in [0.1, 0.15) is 11.5 Å². The van der Waals surface area contributed by atoms with Gasteiger partial charge >= 0.3 is 0 Å². The second kappa shape index (κ2) is 10.1. The highest BCUT2D eigenvalue weighted by molar-refractivity contribution is 6.46. The highest BCUT2D eigenvalue weighted by Gasteiger charge is 2.45. The molecule has 176 valence electrons. The van der Waals surface area contributed by atoms with Gasteiger partial charge in [0.2, 0.25) is 0 Å². The monoisotopic (exact) mass is 479 g/mol. The molecule has 1 N–H and O–H groups in total. The van der Waals surface area contributed by atoms with Crippen molar-refractivity contribution in [2.24, 2.45) is 0 Å². The topological polar surface area (TPSA) is 84.7 Å². The van der Waals surface area contributed by atoms with E-state index >= 15 is 0 Å². The largest absolute Gasteiger partial charge is 0.507 e. The molecule has 2 aromatic carbocycles. The van der Waals surface area contributed by atoms with Crippen LogP contribution in [0.1, 0.15) is 36.1 Å². The maximum Gasteiger partial charge on any atom is 0.295 e. The van der Waals surface area contributed by atoms with Crippen molar-refractivity contribution in [2.45, 2.75) is 32.9 Å². The molecule has 34 heavy (non-hydrogen) atoms. The third-order valence-electron chi connectivity index (χ3n) is 5.81. The van der Waals surface area contributed by atoms with Gasteiger partial charge in [-0.25, -0.2) is 4.98 Å². The molecule has 0 radical (unpaired) electrons. The highest BCUT2D eigenvalue weighted by atomic mass is 35.5. The van der Waals surface area contributed by atoms with E-state index in [1.54, 1.807) is 30.7 Å². The number of carbonyl (C=O) groups excluding carboxylic acids is 2. The lowest BCUT2D eigenvalue weighted by Crippen LogP contribution is -2.31. The van der Waals surface area contributed by atoms with Crippen molar-refractivity contribution in [2.75, 3.05) is 13.2 Å². The van der Waals surface area contributed by atoms with Crippen LogP contribution in [0.5, 0.6) is 5.75 Å². The fraction of sp³-hybridized carbons (Fsp3) is 0.269. The summed E-state index contributed by atoms with van der Waals surface area (Å²) in [4.78, 5) is 31.8. The van der Waals surface area contributed by atoms with Crippen LogP contribution in [-0.4, -0.2) is 44.4 Å². The fourth-order valence-electron chi connectivity index (χ4n) is 4.12. The number of Topliss-reactive ketones (excluding diaryl/α,β-unsaturated/α-hetero) is 1. The number of rotatable bonds is 8. The number of benzene rings is 2. The van der Waals surface area contributed by atoms with E-state index in [1.807, 2.05) is 48.9 Å². The summed E-state index contributed by atoms with van der Waals surface area (Å²) in [6.07, 6.45) is 5.88. The highest BCUT2D eigenvalue weighted by Crippen LogP contribution is 2.40. The van der Waals surface area contributed by atoms with Crippen molar-refractivity contribution in [1.29, 1.82) is 0 Å². The summed E-state index contributed by atoms with van der Waals surface area (Å²) in [6.45, 7) is 5.26. The minimum Gasteiger partial charge on any atom is -0.507 e. The van der Waals surface area contributed by atoms with Crippen molar-refractivity contribution in [3.05, 3.63) is 88.5 Å². The van der Waals surface area contributed by atoms with Crippen LogP contribution in [0.15, 0.2) is 66.8 Å². The first-order chi connectivity index (χ1) is 16.4. The Morgan fingerprint density at radius 1 is 1.15 bits per heavy atom. The zero-order chi connectivity index (χ0) is 24.2. The van der Waals surface area contributed by atoms with Crippen molar-refractivity contribution >= 4 is 29.1 Å². The number of aromatic nitrogens is 2. The summed E-state index contributed by atoms with van der Waals surface area (Å²) in [6, 6.07) is 11.7. The van der Waals surface area contributed by atoms with Crippen molar-refractivity contribution in [3.63, 3.8) is 0 Å². The van der Waals surface area contributed by atoms with E-state index in [9.17, 15) is 14.7 Å². The number of aliphatic hydroxyl groups is 1. The van der Waals surface area contributed by atoms with Gasteiger partial charge < -0.3 is 19.3 Å². The molecule has 1 saturated heterocycles. The molecule has 1 atom stereocenters. The van der Waals surface area contributed by atoms with E-state index in [0.29, 0.717) is 42.5 Å². The van der Waals surface area contributed by atoms with E-state index in [2.05, 4.69) is 4.98 Å². The summed E-state index contributed by atoms with van der Waals surface area (Å²) in [5.74, 6) is -1.12. The van der Waals surface area contributed by atoms with Crippen LogP contribution in [0.2, 0.25) is 5.02 Å². The Morgan fingerprint density at radius 2 is 1.91 bits per heavy atom. The Morgan fingerprint density at radius 3 is 2.56 bits per heavy atom. The lowest BCUT2D eigenvalue weighted by atomic mass is 9.94. The van der Waals surface area contributed by atoms with Crippen LogP contribution in [0.4, 0.5) is 0 Å². The number of likely N-dealkylation sites (tertiary alicyclic amines) is 1. The van der Waals surface area contributed by atoms with Crippen LogP contribution in [-0.2, 0) is 16.1 Å². The quantitative estimate of drug-likeness (QED) is 0.286. The van der Waals surface area contributed by atoms with Gasteiger partial charge in [-0.15, -0.1) is 0 Å². The molecule has 4 rings (SSSR count). The van der Waals surface area contributed by atoms with E-state index in [4.69, 9.17) is 16.3 Å². The number of hydrogen-bond donors (Lipinski definition) is 1. The molecule has 0 unspecified atom stereocenters. The van der Waals surface area contributed by atoms with Gasteiger partial charge in [-0.3, -0.25) is 9.59 Å². The number of hydrogen-bond acceptors (Lipinski definition) is 5. The molecule has 1 aliphatic heterocycles. The first kappa shape index (κ1) is 23.6. The minimum absolute atomic E-state index is 0.0525. The lowest BCUT2D eigenvalue weighted by Gasteiger charge is -2.25. The molecule has 3 aromatic rings. The van der Waals surface area contributed by atoms with Gasteiger partial charge in [-0.05, 0) is 44.0 Å². The maximum absolute atomic E-state index is 13.1. The summed E-state index contributed by atoms with van der Waals surface area (Å²) < 4.78 is 7.38. The second-order valence-electron chi connectivity index (χ2n) is 8.14. The molecule has 0 saturated carbocycles. The van der Waals surface area contributed by atoms with Crippen LogP contribution < -0.4 is 4.74 Å². The molecular weight excluding hydrogens is 454 g/mol. The Bertz CT molecular complexity index is 1220. The molecule has 2 heterocycles. The molecule has 1 fully saturated rings. The summed E-state index contributed by atoms with van der Waals surface area (Å²) in [5, 5.41) is 11.5. The standard InChI is InChI=1S/C26H26ClN3O4/c1-3-34-21-10-9-19(15-20(21)27)24(31)22-23(18-7-5-17(2)6-8-18)30(26(33)25(22)32)13-4-12-29-14-11-28-16-29/h5-11,14-16,23,31H,3-4,12-13H2,1-2H3/b24-22+/t23-/m0/s1. The third kappa shape index (κ3) is 4.70. The number of aliphatic hydroxyl groups excluding tert-OH is 1. The smallest absolute Gasteiger partial charge is 0.295 e. The SMILES string of the molecule is CCOc1ccc(/C(O)=C2\C(=O)C(=O)N(CCCn3ccnc3)[C@H]2c2ccc(C)cc2)cc1Cl. The minimum atomic E-state index is -0.712. The van der Waals surface area contributed by atoms with Gasteiger partial charge in [0, 0.05) is 31.0 Å². The van der Waals surface area contributed by atoms with E-state index in [-0.39, 0.29) is 11.3 Å². The molecule has 8 heteroatoms. The molecule has 1 aliphatic rings. The Balaban J connectivity index is 1.73. The van der Waals surface area contributed by atoms with Crippen LogP contribution in [0, 0.1) is 6.92 Å². The molecule has 1 amide bonds. The zero-order valence-electron chi connectivity index (χ0n) is 19.1. The van der Waals surface area contributed by atoms with E-state index in [0.717, 1.165) is 11.1 Å². The molecule has 0 bridgehead atoms. The molecule has 1 aromatic heterocycles. The second-order valence-corrected chi connectivity index (χ2v) is 8.54. The van der Waals surface area contributed by atoms with Gasteiger partial charge in [0.25, 0.3) is 11.7 Å². The molecule has 0 spiro atoms. The van der Waals surface area contributed by atoms with Gasteiger partial charge in [0.15, 0.2) is 0 Å². The average molecular weight is 480 g/mol. The molecular formula is C26H26ClN3O4. The fourth-order valence-corrected chi connectivity index (χ4v) is 4.36. The van der Waals surface area contributed by atoms with Gasteiger partial charge in [-0.2, -0.15) is 0 Å². The Labute approximate surface area is 203 Å². The van der Waals surface area contributed by atoms with E-state index < -0.39 is 17.7 Å². The predicted molar refractivity (Wildman–Crippen MR) is 130 cm³/mol. The number of imidazole rings is 1. The number of ketones is 1. The van der Waals surface area contributed by atoms with Crippen LogP contribution >= 0.6 is 11.6 Å². The average Bonchev–Trinajstić information content (AvgIpc) is 3.43. The van der Waals surface area contributed by atoms with Crippen LogP contribution in [0.3, 0.4) is 0 Å². The number of halogens is 1. The number of nitrogens with zero attached hydrogens (tertiary/aromatic N) is 3. The lowest BCUT2D eigenvalue weighted by molar-refractivity contribution is -0.139. The number of carbonyl (C=O) groups is 2. The first-order valence-electron chi connectivity index (χ1n) is 11.1. The predicted octanol–water partition coefficient (Wildman–Crippen LogP) is 4.76. The van der Waals surface area contributed by atoms with Crippen molar-refractivity contribution in [3.8, 4) is 5.75 Å². The van der Waals surface area contributed by atoms with Crippen molar-refractivity contribution < 1.29 is 19.4 Å². The summed E-state index contributed by atoms with van der Waals surface area (Å²) >= 11 is 6.31. The van der Waals surface area contributed by atoms with Gasteiger partial charge in [0.05, 0.1) is 29.6 Å². The zero-order valence-corrected chi connectivity index (χ0v) is 19.8. The number of amides is 1. The van der Waals surface area contributed by atoms with E-state index in [1.165, 1.54) is 4.90 Å². The van der Waals surface area contributed by atoms with Crippen LogP contribution in [0.25, 0.3) is 5.76 Å². The number of ether oxygens (including phenoxy) is 1. The summed E-state index contributed by atoms with van der Waals surface area (Å²) in [5.41, 5.74) is 2.21. The number of aryl methyl sites for hydroxylation is 2.